The van der Waals surface area contributed by atoms with E-state index in [0.29, 0.717) is 18.8 Å². The Kier molecular flexibility index (Phi) is 4.95. The van der Waals surface area contributed by atoms with Crippen LogP contribution in [0.2, 0.25) is 0 Å². The van der Waals surface area contributed by atoms with Crippen LogP contribution in [0.15, 0.2) is 24.3 Å². The molecule has 1 amide bonds. The van der Waals surface area contributed by atoms with Gasteiger partial charge >= 0.3 is 0 Å². The molecule has 1 aliphatic rings. The van der Waals surface area contributed by atoms with Crippen molar-refractivity contribution in [3.05, 3.63) is 30.1 Å². The van der Waals surface area contributed by atoms with E-state index in [-0.39, 0.29) is 29.9 Å². The Balaban J connectivity index is 2.07. The van der Waals surface area contributed by atoms with Crippen molar-refractivity contribution in [2.24, 2.45) is 0 Å². The van der Waals surface area contributed by atoms with Crippen molar-refractivity contribution in [2.75, 3.05) is 29.5 Å². The molecule has 7 heteroatoms. The zero-order valence-corrected chi connectivity index (χ0v) is 12.7. The second kappa shape index (κ2) is 6.53. The number of anilines is 1. The molecule has 1 heterocycles. The average molecular weight is 314 g/mol. The lowest BCUT2D eigenvalue weighted by Gasteiger charge is -2.27. The summed E-state index contributed by atoms with van der Waals surface area (Å²) in [5.41, 5.74) is 0.487. The van der Waals surface area contributed by atoms with Crippen molar-refractivity contribution < 1.29 is 17.6 Å². The molecule has 0 radical (unpaired) electrons. The van der Waals surface area contributed by atoms with E-state index < -0.39 is 15.7 Å². The molecule has 5 nitrogen and oxygen atoms in total. The normalized spacial score (nSPS) is 21.0. The fourth-order valence-electron chi connectivity index (χ4n) is 2.47. The van der Waals surface area contributed by atoms with E-state index in [9.17, 15) is 17.6 Å². The Morgan fingerprint density at radius 2 is 2.24 bits per heavy atom. The SMILES string of the molecule is CCN(C(=O)CC1CS(=O)(=O)CCN1)c1cccc(F)c1. The minimum Gasteiger partial charge on any atom is -0.313 e. The maximum absolute atomic E-state index is 13.3. The van der Waals surface area contributed by atoms with Gasteiger partial charge in [-0.1, -0.05) is 6.07 Å². The Bertz CT molecular complexity index is 618. The van der Waals surface area contributed by atoms with E-state index in [0.717, 1.165) is 0 Å². The van der Waals surface area contributed by atoms with Crippen LogP contribution in [0, 0.1) is 5.82 Å². The molecule has 0 bridgehead atoms. The molecule has 1 aromatic rings. The number of carbonyl (C=O) groups is 1. The summed E-state index contributed by atoms with van der Waals surface area (Å²) >= 11 is 0. The number of hydrogen-bond donors (Lipinski definition) is 1. The van der Waals surface area contributed by atoms with Crippen LogP contribution >= 0.6 is 0 Å². The molecule has 1 unspecified atom stereocenters. The zero-order valence-electron chi connectivity index (χ0n) is 11.9. The van der Waals surface area contributed by atoms with E-state index in [1.807, 2.05) is 0 Å². The number of nitrogens with one attached hydrogen (secondary N) is 1. The molecular weight excluding hydrogens is 295 g/mol. The third-order valence-corrected chi connectivity index (χ3v) is 5.20. The summed E-state index contributed by atoms with van der Waals surface area (Å²) < 4.78 is 36.4. The van der Waals surface area contributed by atoms with Gasteiger partial charge in [-0.2, -0.15) is 0 Å². The Morgan fingerprint density at radius 1 is 1.48 bits per heavy atom. The molecule has 21 heavy (non-hydrogen) atoms. The first-order chi connectivity index (χ1) is 9.91. The number of halogens is 1. The summed E-state index contributed by atoms with van der Waals surface area (Å²) in [7, 11) is -3.07. The quantitative estimate of drug-likeness (QED) is 0.899. The molecule has 0 aromatic heterocycles. The van der Waals surface area contributed by atoms with Crippen LogP contribution in [0.4, 0.5) is 10.1 Å². The molecule has 1 fully saturated rings. The first-order valence-electron chi connectivity index (χ1n) is 6.91. The van der Waals surface area contributed by atoms with E-state index in [4.69, 9.17) is 0 Å². The molecule has 1 saturated heterocycles. The van der Waals surface area contributed by atoms with Crippen LogP contribution in [-0.4, -0.2) is 45.0 Å². The molecule has 0 aliphatic carbocycles. The zero-order chi connectivity index (χ0) is 15.5. The van der Waals surface area contributed by atoms with Gasteiger partial charge in [0.2, 0.25) is 5.91 Å². The van der Waals surface area contributed by atoms with Gasteiger partial charge in [-0.25, -0.2) is 12.8 Å². The molecule has 116 valence electrons. The molecule has 2 rings (SSSR count). The summed E-state index contributed by atoms with van der Waals surface area (Å²) in [5.74, 6) is -0.534. The minimum absolute atomic E-state index is 0.0283. The summed E-state index contributed by atoms with van der Waals surface area (Å²) in [6.45, 7) is 2.57. The van der Waals surface area contributed by atoms with Gasteiger partial charge in [0.25, 0.3) is 0 Å². The van der Waals surface area contributed by atoms with Gasteiger partial charge < -0.3 is 10.2 Å². The smallest absolute Gasteiger partial charge is 0.228 e. The fraction of sp³-hybridized carbons (Fsp3) is 0.500. The number of carbonyl (C=O) groups excluding carboxylic acids is 1. The van der Waals surface area contributed by atoms with E-state index >= 15 is 0 Å². The molecule has 1 atom stereocenters. The number of amides is 1. The predicted octanol–water partition coefficient (Wildman–Crippen LogP) is 0.955. The second-order valence-corrected chi connectivity index (χ2v) is 7.32. The lowest BCUT2D eigenvalue weighted by atomic mass is 10.2. The first kappa shape index (κ1) is 15.9. The highest BCUT2D eigenvalue weighted by Gasteiger charge is 2.27. The third kappa shape index (κ3) is 4.25. The number of nitrogens with zero attached hydrogens (tertiary/aromatic N) is 1. The van der Waals surface area contributed by atoms with Gasteiger partial charge in [-0.05, 0) is 25.1 Å². The van der Waals surface area contributed by atoms with Gasteiger partial charge in [0, 0.05) is 31.2 Å². The molecule has 1 aliphatic heterocycles. The lowest BCUT2D eigenvalue weighted by molar-refractivity contribution is -0.118. The van der Waals surface area contributed by atoms with E-state index in [1.54, 1.807) is 19.1 Å². The van der Waals surface area contributed by atoms with Crippen LogP contribution in [0.1, 0.15) is 13.3 Å². The molecular formula is C14H19FN2O3S. The van der Waals surface area contributed by atoms with Crippen LogP contribution in [0.25, 0.3) is 0 Å². The van der Waals surface area contributed by atoms with Crippen molar-refractivity contribution in [1.82, 2.24) is 5.32 Å². The largest absolute Gasteiger partial charge is 0.313 e. The Morgan fingerprint density at radius 3 is 2.86 bits per heavy atom. The van der Waals surface area contributed by atoms with Crippen LogP contribution in [0.3, 0.4) is 0 Å². The van der Waals surface area contributed by atoms with Gasteiger partial charge in [-0.15, -0.1) is 0 Å². The minimum atomic E-state index is -3.07. The summed E-state index contributed by atoms with van der Waals surface area (Å²) in [4.78, 5) is 13.8. The van der Waals surface area contributed by atoms with Gasteiger partial charge in [0.15, 0.2) is 9.84 Å². The molecule has 1 N–H and O–H groups in total. The van der Waals surface area contributed by atoms with Crippen molar-refractivity contribution in [2.45, 2.75) is 19.4 Å². The molecule has 0 saturated carbocycles. The summed E-state index contributed by atoms with van der Waals surface area (Å²) in [5, 5.41) is 3.05. The predicted molar refractivity (Wildman–Crippen MR) is 79.5 cm³/mol. The summed E-state index contributed by atoms with van der Waals surface area (Å²) in [6.07, 6.45) is 0.0869. The molecule has 1 aromatic carbocycles. The number of benzene rings is 1. The third-order valence-electron chi connectivity index (χ3n) is 3.46. The number of sulfone groups is 1. The Hall–Kier alpha value is -1.47. The highest BCUT2D eigenvalue weighted by molar-refractivity contribution is 7.91. The maximum atomic E-state index is 13.3. The molecule has 0 spiro atoms. The highest BCUT2D eigenvalue weighted by Crippen LogP contribution is 2.17. The first-order valence-corrected chi connectivity index (χ1v) is 8.73. The van der Waals surface area contributed by atoms with Crippen molar-refractivity contribution in [1.29, 1.82) is 0 Å². The lowest BCUT2D eigenvalue weighted by Crippen LogP contribution is -2.48. The summed E-state index contributed by atoms with van der Waals surface area (Å²) in [6, 6.07) is 5.45. The van der Waals surface area contributed by atoms with Crippen molar-refractivity contribution >= 4 is 21.4 Å². The van der Waals surface area contributed by atoms with Crippen molar-refractivity contribution in [3.8, 4) is 0 Å². The van der Waals surface area contributed by atoms with E-state index in [1.165, 1.54) is 17.0 Å². The van der Waals surface area contributed by atoms with E-state index in [2.05, 4.69) is 5.32 Å². The average Bonchev–Trinajstić information content (AvgIpc) is 2.38. The highest BCUT2D eigenvalue weighted by atomic mass is 32.2. The monoisotopic (exact) mass is 314 g/mol. The fourth-order valence-corrected chi connectivity index (χ4v) is 3.91. The van der Waals surface area contributed by atoms with Gasteiger partial charge in [0.05, 0.1) is 11.5 Å². The second-order valence-electron chi connectivity index (χ2n) is 5.09. The number of hydrogen-bond acceptors (Lipinski definition) is 4. The van der Waals surface area contributed by atoms with Crippen LogP contribution in [0.5, 0.6) is 0 Å². The van der Waals surface area contributed by atoms with Crippen LogP contribution < -0.4 is 10.2 Å². The standard InChI is InChI=1S/C14H19FN2O3S/c1-2-17(13-5-3-4-11(15)8-13)14(18)9-12-10-21(19,20)7-6-16-12/h3-5,8,12,16H,2,6-7,9-10H2,1H3. The topological polar surface area (TPSA) is 66.5 Å². The number of rotatable bonds is 4. The van der Waals surface area contributed by atoms with Gasteiger partial charge in [0.1, 0.15) is 5.82 Å². The Labute approximate surface area is 124 Å². The van der Waals surface area contributed by atoms with Crippen molar-refractivity contribution in [3.63, 3.8) is 0 Å². The van der Waals surface area contributed by atoms with Gasteiger partial charge in [-0.3, -0.25) is 4.79 Å². The maximum Gasteiger partial charge on any atom is 0.228 e. The van der Waals surface area contributed by atoms with Crippen LogP contribution in [-0.2, 0) is 14.6 Å².